The van der Waals surface area contributed by atoms with E-state index in [1.165, 1.54) is 7.11 Å². The van der Waals surface area contributed by atoms with Crippen LogP contribution in [0.4, 0.5) is 0 Å². The standard InChI is InChI=1S/C24H30N2O6/c1-3-4-13-31-21-12-9-18(15-22(21)29-2)24(28)26-25-23(27)17-7-10-19(11-8-17)32-16-20-6-5-14-30-20/h7-12,15,20H,3-6,13-14,16H2,1-2H3,(H,25,27)(H,26,28). The molecule has 3 rings (SSSR count). The van der Waals surface area contributed by atoms with Crippen LogP contribution in [0.3, 0.4) is 0 Å². The van der Waals surface area contributed by atoms with Crippen molar-refractivity contribution in [1.29, 1.82) is 0 Å². The molecule has 8 nitrogen and oxygen atoms in total. The maximum absolute atomic E-state index is 12.4. The number of amides is 2. The third-order valence-electron chi connectivity index (χ3n) is 5.05. The summed E-state index contributed by atoms with van der Waals surface area (Å²) in [6.45, 7) is 3.93. The number of carbonyl (C=O) groups is 2. The van der Waals surface area contributed by atoms with Crippen molar-refractivity contribution < 1.29 is 28.5 Å². The van der Waals surface area contributed by atoms with Gasteiger partial charge in [-0.25, -0.2) is 0 Å². The van der Waals surface area contributed by atoms with E-state index in [1.807, 2.05) is 0 Å². The Morgan fingerprint density at radius 3 is 2.38 bits per heavy atom. The number of unbranched alkanes of at least 4 members (excludes halogenated alkanes) is 1. The molecule has 0 radical (unpaired) electrons. The van der Waals surface area contributed by atoms with Crippen LogP contribution >= 0.6 is 0 Å². The maximum Gasteiger partial charge on any atom is 0.269 e. The van der Waals surface area contributed by atoms with Crippen molar-refractivity contribution in [1.82, 2.24) is 10.9 Å². The Kier molecular flexibility index (Phi) is 8.74. The Morgan fingerprint density at radius 2 is 1.72 bits per heavy atom. The molecule has 1 aliphatic heterocycles. The van der Waals surface area contributed by atoms with Gasteiger partial charge in [-0.3, -0.25) is 20.4 Å². The molecule has 2 aromatic rings. The number of hydrogen-bond donors (Lipinski definition) is 2. The first kappa shape index (κ1) is 23.4. The number of carbonyl (C=O) groups excluding carboxylic acids is 2. The molecule has 0 aromatic heterocycles. The van der Waals surface area contributed by atoms with Crippen molar-refractivity contribution in [3.8, 4) is 17.2 Å². The van der Waals surface area contributed by atoms with E-state index >= 15 is 0 Å². The monoisotopic (exact) mass is 442 g/mol. The quantitative estimate of drug-likeness (QED) is 0.432. The first-order chi connectivity index (χ1) is 15.6. The van der Waals surface area contributed by atoms with E-state index in [4.69, 9.17) is 18.9 Å². The van der Waals surface area contributed by atoms with Crippen LogP contribution in [-0.4, -0.2) is 44.8 Å². The van der Waals surface area contributed by atoms with Crippen LogP contribution in [0.2, 0.25) is 0 Å². The van der Waals surface area contributed by atoms with Gasteiger partial charge < -0.3 is 18.9 Å². The molecule has 0 bridgehead atoms. The van der Waals surface area contributed by atoms with Crippen LogP contribution in [0.25, 0.3) is 0 Å². The summed E-state index contributed by atoms with van der Waals surface area (Å²) >= 11 is 0. The van der Waals surface area contributed by atoms with Crippen molar-refractivity contribution in [2.75, 3.05) is 26.9 Å². The lowest BCUT2D eigenvalue weighted by Crippen LogP contribution is -2.41. The van der Waals surface area contributed by atoms with E-state index in [-0.39, 0.29) is 6.10 Å². The van der Waals surface area contributed by atoms with Crippen molar-refractivity contribution in [2.24, 2.45) is 0 Å². The van der Waals surface area contributed by atoms with Crippen LogP contribution in [-0.2, 0) is 4.74 Å². The number of nitrogens with one attached hydrogen (secondary N) is 2. The third kappa shape index (κ3) is 6.62. The second kappa shape index (κ2) is 12.0. The van der Waals surface area contributed by atoms with Gasteiger partial charge in [-0.05, 0) is 61.7 Å². The van der Waals surface area contributed by atoms with E-state index in [0.717, 1.165) is 32.3 Å². The molecule has 2 aromatic carbocycles. The minimum Gasteiger partial charge on any atom is -0.493 e. The average molecular weight is 443 g/mol. The van der Waals surface area contributed by atoms with Crippen LogP contribution in [0.1, 0.15) is 53.3 Å². The van der Waals surface area contributed by atoms with Crippen molar-refractivity contribution in [3.63, 3.8) is 0 Å². The summed E-state index contributed by atoms with van der Waals surface area (Å²) in [5.41, 5.74) is 5.56. The van der Waals surface area contributed by atoms with Crippen molar-refractivity contribution in [3.05, 3.63) is 53.6 Å². The largest absolute Gasteiger partial charge is 0.493 e. The van der Waals surface area contributed by atoms with Gasteiger partial charge in [-0.1, -0.05) is 13.3 Å². The molecule has 2 N–H and O–H groups in total. The molecular weight excluding hydrogens is 412 g/mol. The van der Waals surface area contributed by atoms with Gasteiger partial charge >= 0.3 is 0 Å². The Bertz CT molecular complexity index is 894. The average Bonchev–Trinajstić information content (AvgIpc) is 3.35. The molecule has 2 amide bonds. The number of hydrogen-bond acceptors (Lipinski definition) is 6. The maximum atomic E-state index is 12.4. The summed E-state index contributed by atoms with van der Waals surface area (Å²) < 4.78 is 22.2. The third-order valence-corrected chi connectivity index (χ3v) is 5.05. The summed E-state index contributed by atoms with van der Waals surface area (Å²) in [5.74, 6) is 0.792. The second-order valence-corrected chi connectivity index (χ2v) is 7.45. The molecule has 1 saturated heterocycles. The molecule has 32 heavy (non-hydrogen) atoms. The van der Waals surface area contributed by atoms with Gasteiger partial charge in [0.1, 0.15) is 12.4 Å². The lowest BCUT2D eigenvalue weighted by atomic mass is 10.2. The first-order valence-electron chi connectivity index (χ1n) is 10.9. The van der Waals surface area contributed by atoms with E-state index in [0.29, 0.717) is 41.6 Å². The SMILES string of the molecule is CCCCOc1ccc(C(=O)NNC(=O)c2ccc(OCC3CCCO3)cc2)cc1OC. The number of benzene rings is 2. The highest BCUT2D eigenvalue weighted by molar-refractivity contribution is 5.99. The van der Waals surface area contributed by atoms with E-state index in [9.17, 15) is 9.59 Å². The van der Waals surface area contributed by atoms with Crippen LogP contribution < -0.4 is 25.1 Å². The molecule has 1 heterocycles. The highest BCUT2D eigenvalue weighted by atomic mass is 16.5. The summed E-state index contributed by atoms with van der Waals surface area (Å²) in [7, 11) is 1.51. The predicted octanol–water partition coefficient (Wildman–Crippen LogP) is 3.51. The zero-order chi connectivity index (χ0) is 22.8. The molecule has 1 fully saturated rings. The van der Waals surface area contributed by atoms with Crippen molar-refractivity contribution in [2.45, 2.75) is 38.7 Å². The van der Waals surface area contributed by atoms with Gasteiger partial charge in [0.2, 0.25) is 0 Å². The van der Waals surface area contributed by atoms with E-state index in [2.05, 4.69) is 17.8 Å². The fourth-order valence-electron chi connectivity index (χ4n) is 3.18. The fourth-order valence-corrected chi connectivity index (χ4v) is 3.18. The smallest absolute Gasteiger partial charge is 0.269 e. The zero-order valence-electron chi connectivity index (χ0n) is 18.5. The van der Waals surface area contributed by atoms with Gasteiger partial charge in [0, 0.05) is 17.7 Å². The number of methoxy groups -OCH3 is 1. The lowest BCUT2D eigenvalue weighted by Gasteiger charge is -2.13. The second-order valence-electron chi connectivity index (χ2n) is 7.45. The summed E-state index contributed by atoms with van der Waals surface area (Å²) in [6, 6.07) is 11.6. The normalized spacial score (nSPS) is 15.1. The number of rotatable bonds is 10. The molecule has 0 aliphatic carbocycles. The first-order valence-corrected chi connectivity index (χ1v) is 10.9. The van der Waals surface area contributed by atoms with Crippen LogP contribution in [0.15, 0.2) is 42.5 Å². The van der Waals surface area contributed by atoms with Gasteiger partial charge in [0.25, 0.3) is 11.8 Å². The number of ether oxygens (including phenoxy) is 4. The molecule has 172 valence electrons. The predicted molar refractivity (Wildman–Crippen MR) is 119 cm³/mol. The summed E-state index contributed by atoms with van der Waals surface area (Å²) in [4.78, 5) is 24.8. The van der Waals surface area contributed by atoms with E-state index < -0.39 is 11.8 Å². The van der Waals surface area contributed by atoms with Crippen LogP contribution in [0.5, 0.6) is 17.2 Å². The van der Waals surface area contributed by atoms with Crippen LogP contribution in [0, 0.1) is 0 Å². The molecule has 0 spiro atoms. The number of hydrazine groups is 1. The Morgan fingerprint density at radius 1 is 1.00 bits per heavy atom. The van der Waals surface area contributed by atoms with Gasteiger partial charge in [0.15, 0.2) is 11.5 Å². The Labute approximate surface area is 188 Å². The molecule has 1 atom stereocenters. The minimum absolute atomic E-state index is 0.129. The molecule has 1 aliphatic rings. The van der Waals surface area contributed by atoms with Crippen molar-refractivity contribution >= 4 is 11.8 Å². The molecular formula is C24H30N2O6. The summed E-state index contributed by atoms with van der Waals surface area (Å²) in [6.07, 6.45) is 4.14. The zero-order valence-corrected chi connectivity index (χ0v) is 18.5. The fraction of sp³-hybridized carbons (Fsp3) is 0.417. The molecule has 0 saturated carbocycles. The minimum atomic E-state index is -0.465. The summed E-state index contributed by atoms with van der Waals surface area (Å²) in [5, 5.41) is 0. The highest BCUT2D eigenvalue weighted by Gasteiger charge is 2.16. The van der Waals surface area contributed by atoms with Gasteiger partial charge in [-0.15, -0.1) is 0 Å². The molecule has 8 heteroatoms. The highest BCUT2D eigenvalue weighted by Crippen LogP contribution is 2.28. The molecule has 1 unspecified atom stereocenters. The lowest BCUT2D eigenvalue weighted by molar-refractivity contribution is 0.0679. The Hall–Kier alpha value is -3.26. The van der Waals surface area contributed by atoms with E-state index in [1.54, 1.807) is 42.5 Å². The van der Waals surface area contributed by atoms with Gasteiger partial charge in [-0.2, -0.15) is 0 Å². The topological polar surface area (TPSA) is 95.1 Å². The van der Waals surface area contributed by atoms with Gasteiger partial charge in [0.05, 0.1) is 19.8 Å². The Balaban J connectivity index is 1.49.